The van der Waals surface area contributed by atoms with Crippen LogP contribution in [0.4, 0.5) is 0 Å². The molecule has 1 aliphatic rings. The standard InChI is InChI=1S/C14H17N5O5/c1-7-17-18-8(24-7)6-15-11(21)9-10(20)12(22)19-4-5-23-14(2,3)13(19)16-9/h20H,4-6H2,1-3H3,(H,15,21). The van der Waals surface area contributed by atoms with E-state index in [-0.39, 0.29) is 30.5 Å². The van der Waals surface area contributed by atoms with E-state index in [1.54, 1.807) is 20.8 Å². The molecule has 0 saturated carbocycles. The van der Waals surface area contributed by atoms with Crippen LogP contribution in [-0.4, -0.2) is 37.4 Å². The number of nitrogens with one attached hydrogen (secondary N) is 1. The molecule has 10 heteroatoms. The second-order valence-electron chi connectivity index (χ2n) is 5.85. The summed E-state index contributed by atoms with van der Waals surface area (Å²) in [5, 5.41) is 19.9. The highest BCUT2D eigenvalue weighted by Crippen LogP contribution is 2.27. The summed E-state index contributed by atoms with van der Waals surface area (Å²) in [6.45, 7) is 5.65. The Morgan fingerprint density at radius 2 is 2.17 bits per heavy atom. The predicted molar refractivity (Wildman–Crippen MR) is 79.3 cm³/mol. The van der Waals surface area contributed by atoms with Crippen molar-refractivity contribution in [2.24, 2.45) is 0 Å². The second-order valence-corrected chi connectivity index (χ2v) is 5.85. The first-order valence-corrected chi connectivity index (χ1v) is 7.35. The Kier molecular flexibility index (Phi) is 3.84. The highest BCUT2D eigenvalue weighted by atomic mass is 16.5. The molecule has 0 aliphatic carbocycles. The number of aromatic nitrogens is 4. The van der Waals surface area contributed by atoms with E-state index < -0.39 is 22.8 Å². The summed E-state index contributed by atoms with van der Waals surface area (Å²) in [7, 11) is 0. The largest absolute Gasteiger partial charge is 0.501 e. The van der Waals surface area contributed by atoms with Crippen LogP contribution in [0.15, 0.2) is 9.21 Å². The Hall–Kier alpha value is -2.75. The molecule has 1 aliphatic heterocycles. The van der Waals surface area contributed by atoms with Gasteiger partial charge in [-0.25, -0.2) is 4.98 Å². The minimum Gasteiger partial charge on any atom is -0.501 e. The average molecular weight is 335 g/mol. The van der Waals surface area contributed by atoms with Crippen molar-refractivity contribution >= 4 is 5.91 Å². The van der Waals surface area contributed by atoms with Gasteiger partial charge in [-0.3, -0.25) is 14.2 Å². The molecular formula is C14H17N5O5. The first-order chi connectivity index (χ1) is 11.3. The first kappa shape index (κ1) is 16.1. The van der Waals surface area contributed by atoms with E-state index >= 15 is 0 Å². The van der Waals surface area contributed by atoms with Crippen LogP contribution in [0.3, 0.4) is 0 Å². The van der Waals surface area contributed by atoms with E-state index in [2.05, 4.69) is 20.5 Å². The molecule has 2 N–H and O–H groups in total. The van der Waals surface area contributed by atoms with Gasteiger partial charge in [0.25, 0.3) is 11.5 Å². The molecule has 3 heterocycles. The van der Waals surface area contributed by atoms with E-state index in [4.69, 9.17) is 9.15 Å². The van der Waals surface area contributed by atoms with Gasteiger partial charge in [0, 0.05) is 6.92 Å². The summed E-state index contributed by atoms with van der Waals surface area (Å²) < 4.78 is 12.0. The Balaban J connectivity index is 1.91. The number of nitrogens with zero attached hydrogens (tertiary/aromatic N) is 4. The van der Waals surface area contributed by atoms with Gasteiger partial charge >= 0.3 is 0 Å². The number of fused-ring (bicyclic) bond motifs is 1. The first-order valence-electron chi connectivity index (χ1n) is 7.35. The van der Waals surface area contributed by atoms with Gasteiger partial charge < -0.3 is 19.6 Å². The van der Waals surface area contributed by atoms with E-state index in [0.29, 0.717) is 12.5 Å². The lowest BCUT2D eigenvalue weighted by Crippen LogP contribution is -2.42. The van der Waals surface area contributed by atoms with Crippen LogP contribution in [0.5, 0.6) is 5.75 Å². The maximum absolute atomic E-state index is 12.3. The van der Waals surface area contributed by atoms with Crippen LogP contribution < -0.4 is 10.9 Å². The molecule has 0 saturated heterocycles. The Labute approximate surface area is 136 Å². The molecule has 10 nitrogen and oxygen atoms in total. The van der Waals surface area contributed by atoms with E-state index in [9.17, 15) is 14.7 Å². The Bertz CT molecular complexity index is 854. The number of carbonyl (C=O) groups is 1. The highest BCUT2D eigenvalue weighted by Gasteiger charge is 2.34. The number of amides is 1. The zero-order chi connectivity index (χ0) is 17.5. The summed E-state index contributed by atoms with van der Waals surface area (Å²) in [5.41, 5.74) is -1.87. The zero-order valence-corrected chi connectivity index (χ0v) is 13.5. The topological polar surface area (TPSA) is 132 Å². The summed E-state index contributed by atoms with van der Waals surface area (Å²) >= 11 is 0. The third kappa shape index (κ3) is 2.75. The number of hydrogen-bond acceptors (Lipinski definition) is 8. The van der Waals surface area contributed by atoms with Crippen LogP contribution in [0.2, 0.25) is 0 Å². The van der Waals surface area contributed by atoms with E-state index in [1.807, 2.05) is 0 Å². The van der Waals surface area contributed by atoms with Crippen LogP contribution >= 0.6 is 0 Å². The Morgan fingerprint density at radius 1 is 1.42 bits per heavy atom. The zero-order valence-electron chi connectivity index (χ0n) is 13.5. The molecule has 128 valence electrons. The van der Waals surface area contributed by atoms with Gasteiger partial charge in [0.1, 0.15) is 11.4 Å². The molecule has 1 amide bonds. The maximum Gasteiger partial charge on any atom is 0.296 e. The van der Waals surface area contributed by atoms with Crippen molar-refractivity contribution in [2.75, 3.05) is 6.61 Å². The SMILES string of the molecule is Cc1nnc(CNC(=O)c2nc3n(c(=O)c2O)CCOC3(C)C)o1. The molecule has 0 fully saturated rings. The molecule has 24 heavy (non-hydrogen) atoms. The monoisotopic (exact) mass is 335 g/mol. The molecule has 0 bridgehead atoms. The molecule has 2 aromatic heterocycles. The number of carbonyl (C=O) groups excluding carboxylic acids is 1. The maximum atomic E-state index is 12.3. The quantitative estimate of drug-likeness (QED) is 0.790. The van der Waals surface area contributed by atoms with Crippen molar-refractivity contribution in [3.05, 3.63) is 33.7 Å². The number of aryl methyl sites for hydroxylation is 1. The minimum absolute atomic E-state index is 0.0426. The molecule has 0 aromatic carbocycles. The molecular weight excluding hydrogens is 318 g/mol. The van der Waals surface area contributed by atoms with Gasteiger partial charge in [0.2, 0.25) is 17.5 Å². The van der Waals surface area contributed by atoms with Gasteiger partial charge in [0.05, 0.1) is 19.7 Å². The summed E-state index contributed by atoms with van der Waals surface area (Å²) in [5.74, 6) is -0.555. The summed E-state index contributed by atoms with van der Waals surface area (Å²) in [4.78, 5) is 28.7. The third-order valence-corrected chi connectivity index (χ3v) is 3.64. The molecule has 0 unspecified atom stereocenters. The normalized spacial score (nSPS) is 15.8. The van der Waals surface area contributed by atoms with Crippen LogP contribution in [0, 0.1) is 6.92 Å². The molecule has 0 spiro atoms. The number of rotatable bonds is 3. The van der Waals surface area contributed by atoms with Gasteiger partial charge in [-0.2, -0.15) is 0 Å². The fourth-order valence-electron chi connectivity index (χ4n) is 2.48. The lowest BCUT2D eigenvalue weighted by Gasteiger charge is -2.32. The van der Waals surface area contributed by atoms with E-state index in [0.717, 1.165) is 0 Å². The van der Waals surface area contributed by atoms with E-state index in [1.165, 1.54) is 4.57 Å². The van der Waals surface area contributed by atoms with Crippen molar-refractivity contribution in [2.45, 2.75) is 39.5 Å². The van der Waals surface area contributed by atoms with Crippen molar-refractivity contribution in [3.8, 4) is 5.75 Å². The van der Waals surface area contributed by atoms with Gasteiger partial charge in [0.15, 0.2) is 5.69 Å². The van der Waals surface area contributed by atoms with Crippen molar-refractivity contribution < 1.29 is 19.1 Å². The second kappa shape index (κ2) is 5.71. The smallest absolute Gasteiger partial charge is 0.296 e. The van der Waals surface area contributed by atoms with Gasteiger partial charge in [-0.1, -0.05) is 0 Å². The number of aromatic hydroxyl groups is 1. The Morgan fingerprint density at radius 3 is 2.83 bits per heavy atom. The highest BCUT2D eigenvalue weighted by molar-refractivity contribution is 5.94. The van der Waals surface area contributed by atoms with Crippen molar-refractivity contribution in [1.29, 1.82) is 0 Å². The third-order valence-electron chi connectivity index (χ3n) is 3.64. The molecule has 0 radical (unpaired) electrons. The lowest BCUT2D eigenvalue weighted by atomic mass is 10.1. The number of hydrogen-bond donors (Lipinski definition) is 2. The lowest BCUT2D eigenvalue weighted by molar-refractivity contribution is -0.0566. The van der Waals surface area contributed by atoms with Crippen molar-refractivity contribution in [3.63, 3.8) is 0 Å². The molecule has 3 rings (SSSR count). The fourth-order valence-corrected chi connectivity index (χ4v) is 2.48. The average Bonchev–Trinajstić information content (AvgIpc) is 2.94. The van der Waals surface area contributed by atoms with Crippen LogP contribution in [0.1, 0.15) is 41.9 Å². The van der Waals surface area contributed by atoms with Crippen molar-refractivity contribution in [1.82, 2.24) is 25.1 Å². The minimum atomic E-state index is -0.844. The fraction of sp³-hybridized carbons (Fsp3) is 0.500. The van der Waals surface area contributed by atoms with Gasteiger partial charge in [-0.05, 0) is 13.8 Å². The summed E-state index contributed by atoms with van der Waals surface area (Å²) in [6, 6.07) is 0. The van der Waals surface area contributed by atoms with Crippen LogP contribution in [0.25, 0.3) is 0 Å². The number of ether oxygens (including phenoxy) is 1. The predicted octanol–water partition coefficient (Wildman–Crippen LogP) is -0.164. The van der Waals surface area contributed by atoms with Gasteiger partial charge in [-0.15, -0.1) is 10.2 Å². The van der Waals surface area contributed by atoms with Crippen LogP contribution in [-0.2, 0) is 23.4 Å². The summed E-state index contributed by atoms with van der Waals surface area (Å²) in [6.07, 6.45) is 0. The molecule has 2 aromatic rings. The molecule has 0 atom stereocenters.